The molecule has 0 spiro atoms. The minimum atomic E-state index is -1.16. The Kier molecular flexibility index (Phi) is 4.57. The van der Waals surface area contributed by atoms with E-state index in [9.17, 15) is 14.0 Å². The minimum absolute atomic E-state index is 0.0548. The summed E-state index contributed by atoms with van der Waals surface area (Å²) in [7, 11) is 0. The lowest BCUT2D eigenvalue weighted by molar-refractivity contribution is -0.125. The van der Waals surface area contributed by atoms with Crippen molar-refractivity contribution in [1.29, 1.82) is 0 Å². The Morgan fingerprint density at radius 1 is 1.48 bits per heavy atom. The van der Waals surface area contributed by atoms with E-state index in [1.54, 1.807) is 0 Å². The quantitative estimate of drug-likeness (QED) is 0.778. The monoisotopic (exact) mass is 294 g/mol. The van der Waals surface area contributed by atoms with Gasteiger partial charge in [0.25, 0.3) is 0 Å². The second-order valence-corrected chi connectivity index (χ2v) is 5.41. The second kappa shape index (κ2) is 6.22. The summed E-state index contributed by atoms with van der Waals surface area (Å²) in [6.45, 7) is 3.32. The number of carboxylic acids is 1. The number of carbonyl (C=O) groups is 2. The summed E-state index contributed by atoms with van der Waals surface area (Å²) in [5.41, 5.74) is -0.677. The zero-order valence-electron chi connectivity index (χ0n) is 11.9. The molecule has 0 saturated carbocycles. The Bertz CT molecular complexity index is 554. The fourth-order valence-electron chi connectivity index (χ4n) is 2.75. The molecule has 1 aliphatic rings. The summed E-state index contributed by atoms with van der Waals surface area (Å²) in [4.78, 5) is 23.4. The lowest BCUT2D eigenvalue weighted by Crippen LogP contribution is -2.38. The van der Waals surface area contributed by atoms with Gasteiger partial charge in [0.1, 0.15) is 5.82 Å². The normalized spacial score (nSPS) is 21.2. The molecule has 1 aliphatic heterocycles. The second-order valence-electron chi connectivity index (χ2n) is 5.41. The van der Waals surface area contributed by atoms with Crippen molar-refractivity contribution >= 4 is 17.6 Å². The molecule has 3 N–H and O–H groups in total. The van der Waals surface area contributed by atoms with E-state index in [0.29, 0.717) is 19.4 Å². The largest absolute Gasteiger partial charge is 0.478 e. The number of rotatable bonds is 5. The lowest BCUT2D eigenvalue weighted by atomic mass is 9.81. The number of carboxylic acid groups (broad SMARTS) is 1. The van der Waals surface area contributed by atoms with Crippen LogP contribution in [0.3, 0.4) is 0 Å². The molecule has 114 valence electrons. The van der Waals surface area contributed by atoms with Crippen LogP contribution in [0, 0.1) is 11.2 Å². The zero-order valence-corrected chi connectivity index (χ0v) is 11.9. The van der Waals surface area contributed by atoms with E-state index in [4.69, 9.17) is 5.11 Å². The third kappa shape index (κ3) is 3.21. The number of carbonyl (C=O) groups excluding carboxylic acids is 1. The SMILES string of the molecule is CCCC1(C(=O)Nc2cc(C(=O)O)ccc2F)CCNC1. The van der Waals surface area contributed by atoms with Gasteiger partial charge in [0.2, 0.25) is 5.91 Å². The highest BCUT2D eigenvalue weighted by Crippen LogP contribution is 2.33. The highest BCUT2D eigenvalue weighted by atomic mass is 19.1. The minimum Gasteiger partial charge on any atom is -0.478 e. The van der Waals surface area contributed by atoms with Gasteiger partial charge < -0.3 is 15.7 Å². The summed E-state index contributed by atoms with van der Waals surface area (Å²) < 4.78 is 13.8. The Morgan fingerprint density at radius 3 is 2.81 bits per heavy atom. The van der Waals surface area contributed by atoms with Crippen molar-refractivity contribution in [2.24, 2.45) is 5.41 Å². The number of amides is 1. The van der Waals surface area contributed by atoms with Gasteiger partial charge in [-0.1, -0.05) is 13.3 Å². The molecule has 6 heteroatoms. The molecule has 1 amide bonds. The fourth-order valence-corrected chi connectivity index (χ4v) is 2.75. The van der Waals surface area contributed by atoms with Crippen molar-refractivity contribution in [2.75, 3.05) is 18.4 Å². The topological polar surface area (TPSA) is 78.4 Å². The maximum absolute atomic E-state index is 13.8. The number of hydrogen-bond donors (Lipinski definition) is 3. The molecule has 1 saturated heterocycles. The highest BCUT2D eigenvalue weighted by molar-refractivity contribution is 5.97. The summed E-state index contributed by atoms with van der Waals surface area (Å²) in [6, 6.07) is 3.38. The number of aromatic carboxylic acids is 1. The first kappa shape index (κ1) is 15.4. The standard InChI is InChI=1S/C15H19FN2O3/c1-2-5-15(6-7-17-9-15)14(21)18-12-8-10(13(19)20)3-4-11(12)16/h3-4,8,17H,2,5-7,9H2,1H3,(H,18,21)(H,19,20). The Hall–Kier alpha value is -1.95. The molecule has 21 heavy (non-hydrogen) atoms. The van der Waals surface area contributed by atoms with E-state index in [1.165, 1.54) is 6.07 Å². The summed E-state index contributed by atoms with van der Waals surface area (Å²) in [6.07, 6.45) is 2.27. The van der Waals surface area contributed by atoms with E-state index >= 15 is 0 Å². The van der Waals surface area contributed by atoms with Crippen LogP contribution in [0.2, 0.25) is 0 Å². The maximum Gasteiger partial charge on any atom is 0.335 e. The Labute approximate surface area is 122 Å². The van der Waals surface area contributed by atoms with Crippen LogP contribution in [0.4, 0.5) is 10.1 Å². The van der Waals surface area contributed by atoms with E-state index < -0.39 is 17.2 Å². The van der Waals surface area contributed by atoms with Crippen molar-refractivity contribution < 1.29 is 19.1 Å². The van der Waals surface area contributed by atoms with Gasteiger partial charge in [-0.2, -0.15) is 0 Å². The molecule has 2 rings (SSSR count). The summed E-state index contributed by atoms with van der Waals surface area (Å²) in [5.74, 6) is -2.04. The van der Waals surface area contributed by atoms with Gasteiger partial charge >= 0.3 is 5.97 Å². The predicted molar refractivity (Wildman–Crippen MR) is 76.8 cm³/mol. The van der Waals surface area contributed by atoms with Crippen molar-refractivity contribution in [2.45, 2.75) is 26.2 Å². The van der Waals surface area contributed by atoms with Crippen LogP contribution in [0.5, 0.6) is 0 Å². The van der Waals surface area contributed by atoms with Crippen molar-refractivity contribution in [3.63, 3.8) is 0 Å². The van der Waals surface area contributed by atoms with Gasteiger partial charge in [-0.15, -0.1) is 0 Å². The molecule has 1 atom stereocenters. The number of benzene rings is 1. The van der Waals surface area contributed by atoms with Gasteiger partial charge in [0.15, 0.2) is 0 Å². The molecule has 1 heterocycles. The van der Waals surface area contributed by atoms with E-state index in [2.05, 4.69) is 10.6 Å². The van der Waals surface area contributed by atoms with Crippen molar-refractivity contribution in [3.8, 4) is 0 Å². The molecule has 0 aliphatic carbocycles. The maximum atomic E-state index is 13.8. The van der Waals surface area contributed by atoms with Crippen LogP contribution in [-0.2, 0) is 4.79 Å². The van der Waals surface area contributed by atoms with Gasteiger partial charge in [-0.05, 0) is 37.6 Å². The molecule has 1 aromatic carbocycles. The molecule has 0 bridgehead atoms. The van der Waals surface area contributed by atoms with Crippen LogP contribution in [0.1, 0.15) is 36.5 Å². The van der Waals surface area contributed by atoms with Crippen LogP contribution >= 0.6 is 0 Å². The molecule has 0 radical (unpaired) electrons. The molecular weight excluding hydrogens is 275 g/mol. The Balaban J connectivity index is 2.22. The molecule has 5 nitrogen and oxygen atoms in total. The first-order valence-corrected chi connectivity index (χ1v) is 7.03. The first-order chi connectivity index (χ1) is 9.98. The first-order valence-electron chi connectivity index (χ1n) is 7.03. The predicted octanol–water partition coefficient (Wildman–Crippen LogP) is 2.24. The van der Waals surface area contributed by atoms with Gasteiger partial charge in [-0.25, -0.2) is 9.18 Å². The van der Waals surface area contributed by atoms with E-state index in [1.807, 2.05) is 6.92 Å². The van der Waals surface area contributed by atoms with E-state index in [0.717, 1.165) is 25.1 Å². The van der Waals surface area contributed by atoms with Crippen LogP contribution in [0.25, 0.3) is 0 Å². The summed E-state index contributed by atoms with van der Waals surface area (Å²) >= 11 is 0. The molecule has 1 fully saturated rings. The van der Waals surface area contributed by atoms with Gasteiger partial charge in [-0.3, -0.25) is 4.79 Å². The van der Waals surface area contributed by atoms with Gasteiger partial charge in [0, 0.05) is 6.54 Å². The average Bonchev–Trinajstić information content (AvgIpc) is 2.91. The van der Waals surface area contributed by atoms with Crippen molar-refractivity contribution in [1.82, 2.24) is 5.32 Å². The number of halogens is 1. The zero-order chi connectivity index (χ0) is 15.5. The number of nitrogens with one attached hydrogen (secondary N) is 2. The van der Waals surface area contributed by atoms with Crippen LogP contribution < -0.4 is 10.6 Å². The molecule has 1 aromatic rings. The molecule has 1 unspecified atom stereocenters. The van der Waals surface area contributed by atoms with Crippen LogP contribution in [0.15, 0.2) is 18.2 Å². The highest BCUT2D eigenvalue weighted by Gasteiger charge is 2.40. The molecular formula is C15H19FN2O3. The van der Waals surface area contributed by atoms with E-state index in [-0.39, 0.29) is 17.2 Å². The third-order valence-corrected chi connectivity index (χ3v) is 3.92. The third-order valence-electron chi connectivity index (χ3n) is 3.92. The van der Waals surface area contributed by atoms with Gasteiger partial charge in [0.05, 0.1) is 16.7 Å². The molecule has 0 aromatic heterocycles. The number of anilines is 1. The van der Waals surface area contributed by atoms with Crippen molar-refractivity contribution in [3.05, 3.63) is 29.6 Å². The Morgan fingerprint density at radius 2 is 2.24 bits per heavy atom. The smallest absolute Gasteiger partial charge is 0.335 e. The summed E-state index contributed by atoms with van der Waals surface area (Å²) in [5, 5.41) is 14.7. The number of hydrogen-bond acceptors (Lipinski definition) is 3. The lowest BCUT2D eigenvalue weighted by Gasteiger charge is -2.26. The van der Waals surface area contributed by atoms with Crippen LogP contribution in [-0.4, -0.2) is 30.1 Å². The average molecular weight is 294 g/mol. The fraction of sp³-hybridized carbons (Fsp3) is 0.467.